The molecular weight excluding hydrogens is 222 g/mol. The number of carboxylic acid groups (broad SMARTS) is 1. The van der Waals surface area contributed by atoms with Crippen LogP contribution in [0, 0.1) is 6.92 Å². The minimum absolute atomic E-state index is 0.306. The molecule has 1 aromatic heterocycles. The van der Waals surface area contributed by atoms with Gasteiger partial charge in [0.05, 0.1) is 18.4 Å². The molecule has 1 aromatic rings. The molecular formula is C11H17N3O3. The van der Waals surface area contributed by atoms with Gasteiger partial charge in [-0.25, -0.2) is 4.68 Å². The molecule has 2 rings (SSSR count). The number of nitrogens with zero attached hydrogens (tertiary/aromatic N) is 2. The molecule has 0 aliphatic heterocycles. The lowest BCUT2D eigenvalue weighted by Crippen LogP contribution is -2.30. The first-order valence-electron chi connectivity index (χ1n) is 5.61. The van der Waals surface area contributed by atoms with Gasteiger partial charge in [0.15, 0.2) is 0 Å². The number of carbonyl (C=O) groups is 1. The topological polar surface area (TPSA) is 76.4 Å². The molecule has 1 aliphatic rings. The van der Waals surface area contributed by atoms with Gasteiger partial charge >= 0.3 is 5.97 Å². The van der Waals surface area contributed by atoms with Crippen LogP contribution in [0.5, 0.6) is 5.88 Å². The number of hydrogen-bond acceptors (Lipinski definition) is 4. The maximum Gasteiger partial charge on any atom is 0.325 e. The first kappa shape index (κ1) is 11.9. The number of methoxy groups -OCH3 is 1. The molecule has 1 unspecified atom stereocenters. The Morgan fingerprint density at radius 3 is 2.76 bits per heavy atom. The number of ether oxygens (including phenoxy) is 1. The number of hydrogen-bond donors (Lipinski definition) is 2. The molecule has 6 nitrogen and oxygen atoms in total. The van der Waals surface area contributed by atoms with Gasteiger partial charge in [-0.1, -0.05) is 0 Å². The average molecular weight is 239 g/mol. The zero-order valence-corrected chi connectivity index (χ0v) is 10.2. The predicted octanol–water partition coefficient (Wildman–Crippen LogP) is 0.615. The zero-order chi connectivity index (χ0) is 12.6. The van der Waals surface area contributed by atoms with E-state index in [0.717, 1.165) is 12.8 Å². The second-order valence-corrected chi connectivity index (χ2v) is 4.34. The van der Waals surface area contributed by atoms with Gasteiger partial charge in [-0.2, -0.15) is 5.10 Å². The summed E-state index contributed by atoms with van der Waals surface area (Å²) in [6, 6.07) is -0.438. The Balaban J connectivity index is 2.36. The smallest absolute Gasteiger partial charge is 0.325 e. The molecule has 1 atom stereocenters. The third-order valence-corrected chi connectivity index (χ3v) is 2.92. The van der Waals surface area contributed by atoms with Crippen LogP contribution in [-0.4, -0.2) is 34.0 Å². The molecule has 2 N–H and O–H groups in total. The Morgan fingerprint density at radius 1 is 1.65 bits per heavy atom. The highest BCUT2D eigenvalue weighted by Gasteiger charge is 2.34. The lowest BCUT2D eigenvalue weighted by molar-refractivity contribution is -0.139. The van der Waals surface area contributed by atoms with E-state index in [0.29, 0.717) is 23.2 Å². The molecule has 1 saturated carbocycles. The van der Waals surface area contributed by atoms with Crippen LogP contribution in [-0.2, 0) is 11.8 Å². The normalized spacial score (nSPS) is 16.9. The molecule has 0 saturated heterocycles. The first-order chi connectivity index (χ1) is 8.04. The van der Waals surface area contributed by atoms with Crippen molar-refractivity contribution in [1.82, 2.24) is 15.1 Å². The third-order valence-electron chi connectivity index (χ3n) is 2.92. The molecule has 0 radical (unpaired) electrons. The SMILES string of the molecule is COc1c(C(NC2CC2)C(=O)O)c(C)nn1C. The predicted molar refractivity (Wildman–Crippen MR) is 61.0 cm³/mol. The Kier molecular flexibility index (Phi) is 3.06. The maximum absolute atomic E-state index is 11.3. The first-order valence-corrected chi connectivity index (χ1v) is 5.61. The molecule has 1 fully saturated rings. The van der Waals surface area contributed by atoms with E-state index in [4.69, 9.17) is 4.74 Å². The Hall–Kier alpha value is -1.56. The second-order valence-electron chi connectivity index (χ2n) is 4.34. The van der Waals surface area contributed by atoms with Crippen molar-refractivity contribution in [3.8, 4) is 5.88 Å². The summed E-state index contributed by atoms with van der Waals surface area (Å²) >= 11 is 0. The summed E-state index contributed by atoms with van der Waals surface area (Å²) in [6.07, 6.45) is 2.07. The van der Waals surface area contributed by atoms with E-state index in [-0.39, 0.29) is 0 Å². The minimum Gasteiger partial charge on any atom is -0.481 e. The van der Waals surface area contributed by atoms with Gasteiger partial charge in [0.25, 0.3) is 0 Å². The van der Waals surface area contributed by atoms with Crippen LogP contribution < -0.4 is 10.1 Å². The van der Waals surface area contributed by atoms with Crippen LogP contribution in [0.3, 0.4) is 0 Å². The van der Waals surface area contributed by atoms with Gasteiger partial charge in [0.1, 0.15) is 6.04 Å². The standard InChI is InChI=1S/C11H17N3O3/c1-6-8(10(17-3)14(2)13-6)9(11(15)16)12-7-4-5-7/h7,9,12H,4-5H2,1-3H3,(H,15,16). The highest BCUT2D eigenvalue weighted by atomic mass is 16.5. The van der Waals surface area contributed by atoms with Crippen LogP contribution in [0.2, 0.25) is 0 Å². The molecule has 1 heterocycles. The zero-order valence-electron chi connectivity index (χ0n) is 10.2. The Morgan fingerprint density at radius 2 is 2.29 bits per heavy atom. The van der Waals surface area contributed by atoms with Crippen molar-refractivity contribution < 1.29 is 14.6 Å². The van der Waals surface area contributed by atoms with E-state index in [1.807, 2.05) is 0 Å². The van der Waals surface area contributed by atoms with Gasteiger partial charge < -0.3 is 9.84 Å². The van der Waals surface area contributed by atoms with Crippen molar-refractivity contribution in [1.29, 1.82) is 0 Å². The average Bonchev–Trinajstić information content (AvgIpc) is 3.01. The van der Waals surface area contributed by atoms with E-state index in [1.165, 1.54) is 7.11 Å². The Bertz CT molecular complexity index is 437. The van der Waals surface area contributed by atoms with E-state index >= 15 is 0 Å². The van der Waals surface area contributed by atoms with Crippen molar-refractivity contribution >= 4 is 5.97 Å². The third kappa shape index (κ3) is 2.26. The number of aromatic nitrogens is 2. The summed E-state index contributed by atoms with van der Waals surface area (Å²) in [6.45, 7) is 1.79. The Labute approximate surface area is 99.6 Å². The molecule has 0 bridgehead atoms. The van der Waals surface area contributed by atoms with Crippen LogP contribution >= 0.6 is 0 Å². The molecule has 0 spiro atoms. The molecule has 0 amide bonds. The number of rotatable bonds is 5. The number of aliphatic carboxylic acids is 1. The minimum atomic E-state index is -0.897. The monoisotopic (exact) mass is 239 g/mol. The number of carboxylic acids is 1. The van der Waals surface area contributed by atoms with Crippen molar-refractivity contribution in [2.75, 3.05) is 7.11 Å². The van der Waals surface area contributed by atoms with Crippen molar-refractivity contribution in [3.63, 3.8) is 0 Å². The summed E-state index contributed by atoms with van der Waals surface area (Å²) in [5.74, 6) is -0.394. The van der Waals surface area contributed by atoms with Crippen LogP contribution in [0.1, 0.15) is 30.1 Å². The van der Waals surface area contributed by atoms with Gasteiger partial charge in [0, 0.05) is 13.1 Å². The fourth-order valence-electron chi connectivity index (χ4n) is 1.99. The lowest BCUT2D eigenvalue weighted by Gasteiger charge is -2.15. The number of nitrogens with one attached hydrogen (secondary N) is 1. The van der Waals surface area contributed by atoms with Crippen molar-refractivity contribution in [3.05, 3.63) is 11.3 Å². The summed E-state index contributed by atoms with van der Waals surface area (Å²) in [5, 5.41) is 16.6. The largest absolute Gasteiger partial charge is 0.481 e. The van der Waals surface area contributed by atoms with E-state index in [1.54, 1.807) is 18.7 Å². The molecule has 94 valence electrons. The highest BCUT2D eigenvalue weighted by Crippen LogP contribution is 2.31. The van der Waals surface area contributed by atoms with Gasteiger partial charge in [-0.05, 0) is 19.8 Å². The maximum atomic E-state index is 11.3. The van der Waals surface area contributed by atoms with E-state index in [9.17, 15) is 9.90 Å². The summed E-state index contributed by atoms with van der Waals surface area (Å²) in [7, 11) is 3.27. The quantitative estimate of drug-likeness (QED) is 0.787. The van der Waals surface area contributed by atoms with Crippen LogP contribution in [0.25, 0.3) is 0 Å². The molecule has 6 heteroatoms. The van der Waals surface area contributed by atoms with Gasteiger partial charge in [-0.3, -0.25) is 10.1 Å². The summed E-state index contributed by atoms with van der Waals surface area (Å²) < 4.78 is 6.79. The lowest BCUT2D eigenvalue weighted by atomic mass is 10.1. The molecule has 1 aliphatic carbocycles. The molecule has 0 aromatic carbocycles. The summed E-state index contributed by atoms with van der Waals surface area (Å²) in [5.41, 5.74) is 1.30. The second kappa shape index (κ2) is 4.37. The van der Waals surface area contributed by atoms with E-state index < -0.39 is 12.0 Å². The molecule has 17 heavy (non-hydrogen) atoms. The summed E-state index contributed by atoms with van der Waals surface area (Å²) in [4.78, 5) is 11.3. The van der Waals surface area contributed by atoms with Gasteiger partial charge in [0.2, 0.25) is 5.88 Å². The van der Waals surface area contributed by atoms with Gasteiger partial charge in [-0.15, -0.1) is 0 Å². The van der Waals surface area contributed by atoms with Crippen molar-refractivity contribution in [2.24, 2.45) is 7.05 Å². The fourth-order valence-corrected chi connectivity index (χ4v) is 1.99. The highest BCUT2D eigenvalue weighted by molar-refractivity contribution is 5.77. The fraction of sp³-hybridized carbons (Fsp3) is 0.636. The van der Waals surface area contributed by atoms with E-state index in [2.05, 4.69) is 10.4 Å². The number of aryl methyl sites for hydroxylation is 2. The van der Waals surface area contributed by atoms with Crippen LogP contribution in [0.4, 0.5) is 0 Å². The van der Waals surface area contributed by atoms with Crippen LogP contribution in [0.15, 0.2) is 0 Å². The van der Waals surface area contributed by atoms with Crippen molar-refractivity contribution in [2.45, 2.75) is 31.8 Å².